The summed E-state index contributed by atoms with van der Waals surface area (Å²) in [6, 6.07) is 39.9. The van der Waals surface area contributed by atoms with E-state index in [-0.39, 0.29) is 49.2 Å². The second kappa shape index (κ2) is 20.5. The third-order valence-corrected chi connectivity index (χ3v) is 15.5. The number of phenols is 4. The zero-order chi connectivity index (χ0) is 46.8. The zero-order valence-corrected chi connectivity index (χ0v) is 38.2. The van der Waals surface area contributed by atoms with Crippen LogP contribution in [0.5, 0.6) is 34.5 Å². The van der Waals surface area contributed by atoms with Crippen LogP contribution in [0.2, 0.25) is 0 Å². The van der Waals surface area contributed by atoms with Crippen LogP contribution in [0.15, 0.2) is 196 Å². The first-order chi connectivity index (χ1) is 31.2. The predicted molar refractivity (Wildman–Crippen MR) is 264 cm³/mol. The fourth-order valence-electron chi connectivity index (χ4n) is 7.17. The van der Waals surface area contributed by atoms with Crippen LogP contribution < -0.4 is 27.7 Å². The molecule has 0 bridgehead atoms. The van der Waals surface area contributed by atoms with E-state index in [1.807, 2.05) is 24.3 Å². The summed E-state index contributed by atoms with van der Waals surface area (Å²) >= 11 is 0. The standard InChI is InChI=1S/C51H54N4O8P2/c1-7-35-52(41-15-23-45(56)24-16-41)64(60,53(36-8-2)42-17-25-46(57)26-18-42)62-49-31-11-39(12-32-49)51(5,6)40-13-33-50(34-14-40)63-65(61,54(37-9-3)43-19-27-47(58)28-20-43)55(38-10-4)44-21-29-48(59)30-22-44/h7-34,56-59H,1-4,35-38H2,5-6H3. The molecule has 0 spiro atoms. The van der Waals surface area contributed by atoms with E-state index in [1.165, 1.54) is 48.5 Å². The van der Waals surface area contributed by atoms with Gasteiger partial charge in [0.2, 0.25) is 0 Å². The molecule has 0 fully saturated rings. The van der Waals surface area contributed by atoms with Gasteiger partial charge in [-0.2, -0.15) is 0 Å². The molecule has 0 aliphatic carbocycles. The molecule has 0 aliphatic heterocycles. The van der Waals surface area contributed by atoms with Gasteiger partial charge in [0.1, 0.15) is 34.5 Å². The molecule has 6 aromatic carbocycles. The molecule has 0 saturated heterocycles. The van der Waals surface area contributed by atoms with Crippen molar-refractivity contribution in [1.29, 1.82) is 0 Å². The van der Waals surface area contributed by atoms with Crippen molar-refractivity contribution in [2.75, 3.05) is 44.9 Å². The van der Waals surface area contributed by atoms with Crippen molar-refractivity contribution in [3.63, 3.8) is 0 Å². The molecule has 0 aliphatic rings. The van der Waals surface area contributed by atoms with E-state index in [9.17, 15) is 20.4 Å². The van der Waals surface area contributed by atoms with Gasteiger partial charge in [-0.05, 0) is 132 Å². The van der Waals surface area contributed by atoms with Crippen LogP contribution in [0, 0.1) is 0 Å². The van der Waals surface area contributed by atoms with E-state index >= 15 is 9.13 Å². The van der Waals surface area contributed by atoms with Gasteiger partial charge in [0.25, 0.3) is 0 Å². The molecule has 65 heavy (non-hydrogen) atoms. The normalized spacial score (nSPS) is 11.5. The summed E-state index contributed by atoms with van der Waals surface area (Å²) in [5.41, 5.74) is 3.32. The second-order valence-corrected chi connectivity index (χ2v) is 19.6. The van der Waals surface area contributed by atoms with Crippen molar-refractivity contribution in [3.8, 4) is 34.5 Å². The third-order valence-electron chi connectivity index (χ3n) is 10.6. The Morgan fingerprint density at radius 1 is 0.415 bits per heavy atom. The van der Waals surface area contributed by atoms with E-state index in [4.69, 9.17) is 9.05 Å². The van der Waals surface area contributed by atoms with Gasteiger partial charge in [0.05, 0.1) is 0 Å². The third kappa shape index (κ3) is 10.6. The minimum Gasteiger partial charge on any atom is -0.508 e. The van der Waals surface area contributed by atoms with Crippen molar-refractivity contribution in [3.05, 3.63) is 207 Å². The Morgan fingerprint density at radius 3 is 0.831 bits per heavy atom. The quantitative estimate of drug-likeness (QED) is 0.0380. The number of hydrogen-bond acceptors (Lipinski definition) is 8. The van der Waals surface area contributed by atoms with Gasteiger partial charge in [-0.25, -0.2) is 9.13 Å². The Bertz CT molecular complexity index is 2350. The van der Waals surface area contributed by atoms with Crippen molar-refractivity contribution < 1.29 is 38.6 Å². The lowest BCUT2D eigenvalue weighted by Crippen LogP contribution is -2.35. The summed E-state index contributed by atoms with van der Waals surface area (Å²) < 4.78 is 50.9. The van der Waals surface area contributed by atoms with Crippen molar-refractivity contribution in [2.45, 2.75) is 19.3 Å². The smallest absolute Gasteiger partial charge is 0.450 e. The highest BCUT2D eigenvalue weighted by Gasteiger charge is 2.42. The zero-order valence-electron chi connectivity index (χ0n) is 36.4. The first kappa shape index (κ1) is 47.2. The predicted octanol–water partition coefficient (Wildman–Crippen LogP) is 12.6. The minimum absolute atomic E-state index is 0.0476. The molecule has 14 heteroatoms. The number of anilines is 4. The van der Waals surface area contributed by atoms with E-state index in [2.05, 4.69) is 40.2 Å². The molecule has 0 radical (unpaired) electrons. The van der Waals surface area contributed by atoms with Gasteiger partial charge in [0, 0.05) is 54.3 Å². The van der Waals surface area contributed by atoms with E-state index < -0.39 is 20.8 Å². The van der Waals surface area contributed by atoms with Crippen LogP contribution in [0.3, 0.4) is 0 Å². The van der Waals surface area contributed by atoms with Crippen LogP contribution in [0.4, 0.5) is 22.7 Å². The Kier molecular flexibility index (Phi) is 14.9. The number of rotatable bonds is 22. The molecule has 0 saturated carbocycles. The lowest BCUT2D eigenvalue weighted by atomic mass is 9.78. The van der Waals surface area contributed by atoms with Crippen molar-refractivity contribution >= 4 is 38.1 Å². The largest absolute Gasteiger partial charge is 0.508 e. The maximum atomic E-state index is 15.7. The molecule has 12 nitrogen and oxygen atoms in total. The molecule has 0 unspecified atom stereocenters. The fourth-order valence-corrected chi connectivity index (χ4v) is 11.9. The summed E-state index contributed by atoms with van der Waals surface area (Å²) in [4.78, 5) is 0. The van der Waals surface area contributed by atoms with Gasteiger partial charge in [-0.3, -0.25) is 18.7 Å². The topological polar surface area (TPSA) is 146 Å². The highest BCUT2D eigenvalue weighted by molar-refractivity contribution is 7.63. The lowest BCUT2D eigenvalue weighted by molar-refractivity contribution is 0.470. The van der Waals surface area contributed by atoms with E-state index in [0.29, 0.717) is 34.2 Å². The van der Waals surface area contributed by atoms with Gasteiger partial charge in [-0.1, -0.05) is 62.4 Å². The number of hydrogen-bond donors (Lipinski definition) is 4. The first-order valence-electron chi connectivity index (χ1n) is 20.7. The maximum Gasteiger partial charge on any atom is 0.450 e. The monoisotopic (exact) mass is 912 g/mol. The Hall–Kier alpha value is -7.26. The van der Waals surface area contributed by atoms with Gasteiger partial charge >= 0.3 is 15.3 Å². The Labute approximate surface area is 381 Å². The van der Waals surface area contributed by atoms with Crippen LogP contribution >= 0.6 is 15.3 Å². The number of aromatic hydroxyl groups is 4. The molecule has 0 heterocycles. The average molecular weight is 913 g/mol. The summed E-state index contributed by atoms with van der Waals surface area (Å²) in [5, 5.41) is 40.3. The number of phenolic OH excluding ortho intramolecular Hbond substituents is 4. The van der Waals surface area contributed by atoms with E-state index in [0.717, 1.165) is 11.1 Å². The Morgan fingerprint density at radius 2 is 0.631 bits per heavy atom. The van der Waals surface area contributed by atoms with E-state index in [1.54, 1.807) is 116 Å². The molecule has 6 aromatic rings. The SMILES string of the molecule is C=CCN(c1ccc(O)cc1)P(=O)(Oc1ccc(C(C)(C)c2ccc(OP(=O)(N(CC=C)c3ccc(O)cc3)N(CC=C)c3ccc(O)cc3)cc2)cc1)N(CC=C)c1ccc(O)cc1. The molecule has 0 aromatic heterocycles. The van der Waals surface area contributed by atoms with Crippen LogP contribution in [-0.4, -0.2) is 46.6 Å². The summed E-state index contributed by atoms with van der Waals surface area (Å²) in [5.74, 6) is 0.836. The molecule has 0 amide bonds. The maximum absolute atomic E-state index is 15.7. The fraction of sp³-hybridized carbons (Fsp3) is 0.137. The van der Waals surface area contributed by atoms with Gasteiger partial charge in [-0.15, -0.1) is 26.3 Å². The molecule has 0 atom stereocenters. The summed E-state index contributed by atoms with van der Waals surface area (Å²) in [6.45, 7) is 20.3. The molecule has 4 N–H and O–H groups in total. The summed E-state index contributed by atoms with van der Waals surface area (Å²) in [7, 11) is -8.18. The van der Waals surface area contributed by atoms with Gasteiger partial charge < -0.3 is 29.5 Å². The summed E-state index contributed by atoms with van der Waals surface area (Å²) in [6.07, 6.45) is 6.47. The van der Waals surface area contributed by atoms with Crippen molar-refractivity contribution in [2.24, 2.45) is 0 Å². The Balaban J connectivity index is 1.33. The molecular formula is C51H54N4O8P2. The molecular weight excluding hydrogens is 859 g/mol. The highest BCUT2D eigenvalue weighted by atomic mass is 31.2. The van der Waals surface area contributed by atoms with Crippen molar-refractivity contribution in [1.82, 2.24) is 0 Å². The minimum atomic E-state index is -4.09. The lowest BCUT2D eigenvalue weighted by Gasteiger charge is -2.39. The van der Waals surface area contributed by atoms with Crippen LogP contribution in [0.1, 0.15) is 25.0 Å². The van der Waals surface area contributed by atoms with Crippen LogP contribution in [-0.2, 0) is 14.5 Å². The van der Waals surface area contributed by atoms with Gasteiger partial charge in [0.15, 0.2) is 0 Å². The number of nitrogens with zero attached hydrogens (tertiary/aromatic N) is 4. The number of benzene rings is 6. The average Bonchev–Trinajstić information content (AvgIpc) is 3.30. The molecule has 336 valence electrons. The second-order valence-electron chi connectivity index (χ2n) is 15.4. The van der Waals surface area contributed by atoms with Crippen LogP contribution in [0.25, 0.3) is 0 Å². The highest BCUT2D eigenvalue weighted by Crippen LogP contribution is 2.59. The molecule has 6 rings (SSSR count). The first-order valence-corrected chi connectivity index (χ1v) is 23.7.